The second-order valence-corrected chi connectivity index (χ2v) is 6.11. The standard InChI is InChI=1S/C16H34N2/c1-4-6-9-15(5-2)13-18-14(3)12-16-10-7-8-11-17-16/h14-18H,4-13H2,1-3H3. The first-order chi connectivity index (χ1) is 8.76. The van der Waals surface area contributed by atoms with Gasteiger partial charge in [-0.1, -0.05) is 39.5 Å². The number of hydrogen-bond acceptors (Lipinski definition) is 2. The first-order valence-electron chi connectivity index (χ1n) is 8.23. The summed E-state index contributed by atoms with van der Waals surface area (Å²) in [5, 5.41) is 7.40. The quantitative estimate of drug-likeness (QED) is 0.655. The molecular weight excluding hydrogens is 220 g/mol. The maximum Gasteiger partial charge on any atom is 0.00817 e. The number of hydrogen-bond donors (Lipinski definition) is 2. The van der Waals surface area contributed by atoms with E-state index in [2.05, 4.69) is 31.4 Å². The van der Waals surface area contributed by atoms with Crippen molar-refractivity contribution >= 4 is 0 Å². The van der Waals surface area contributed by atoms with Crippen LogP contribution in [-0.2, 0) is 0 Å². The van der Waals surface area contributed by atoms with E-state index in [1.807, 2.05) is 0 Å². The summed E-state index contributed by atoms with van der Waals surface area (Å²) in [6.07, 6.45) is 10.9. The molecule has 1 rings (SSSR count). The number of nitrogens with one attached hydrogen (secondary N) is 2. The lowest BCUT2D eigenvalue weighted by molar-refractivity contribution is 0.327. The highest BCUT2D eigenvalue weighted by Crippen LogP contribution is 2.14. The first-order valence-corrected chi connectivity index (χ1v) is 8.23. The molecule has 0 aliphatic carbocycles. The van der Waals surface area contributed by atoms with Gasteiger partial charge in [-0.25, -0.2) is 0 Å². The smallest absolute Gasteiger partial charge is 0.00817 e. The fourth-order valence-corrected chi connectivity index (χ4v) is 2.95. The molecule has 0 aromatic heterocycles. The number of rotatable bonds is 9. The molecule has 1 aliphatic rings. The zero-order chi connectivity index (χ0) is 13.2. The molecule has 1 heterocycles. The normalized spacial score (nSPS) is 23.8. The largest absolute Gasteiger partial charge is 0.314 e. The predicted molar refractivity (Wildman–Crippen MR) is 81.0 cm³/mol. The van der Waals surface area contributed by atoms with E-state index in [4.69, 9.17) is 0 Å². The van der Waals surface area contributed by atoms with Crippen LogP contribution in [0.4, 0.5) is 0 Å². The van der Waals surface area contributed by atoms with Gasteiger partial charge in [-0.2, -0.15) is 0 Å². The topological polar surface area (TPSA) is 24.1 Å². The van der Waals surface area contributed by atoms with E-state index < -0.39 is 0 Å². The van der Waals surface area contributed by atoms with E-state index in [1.165, 1.54) is 64.5 Å². The minimum Gasteiger partial charge on any atom is -0.314 e. The van der Waals surface area contributed by atoms with E-state index in [0.717, 1.165) is 12.0 Å². The van der Waals surface area contributed by atoms with Gasteiger partial charge in [0.25, 0.3) is 0 Å². The van der Waals surface area contributed by atoms with Crippen molar-refractivity contribution in [2.75, 3.05) is 13.1 Å². The summed E-state index contributed by atoms with van der Waals surface area (Å²) in [4.78, 5) is 0. The summed E-state index contributed by atoms with van der Waals surface area (Å²) in [5.41, 5.74) is 0. The van der Waals surface area contributed by atoms with Gasteiger partial charge in [0.15, 0.2) is 0 Å². The van der Waals surface area contributed by atoms with Gasteiger partial charge in [0.2, 0.25) is 0 Å². The van der Waals surface area contributed by atoms with Crippen LogP contribution in [0.3, 0.4) is 0 Å². The van der Waals surface area contributed by atoms with Gasteiger partial charge in [-0.3, -0.25) is 0 Å². The number of unbranched alkanes of at least 4 members (excludes halogenated alkanes) is 1. The van der Waals surface area contributed by atoms with Crippen LogP contribution in [0.25, 0.3) is 0 Å². The molecule has 2 heteroatoms. The average Bonchev–Trinajstić information content (AvgIpc) is 2.40. The SMILES string of the molecule is CCCCC(CC)CNC(C)CC1CCCCN1. The molecule has 0 saturated carbocycles. The maximum absolute atomic E-state index is 3.75. The second kappa shape index (κ2) is 9.80. The fourth-order valence-electron chi connectivity index (χ4n) is 2.95. The lowest BCUT2D eigenvalue weighted by Gasteiger charge is -2.27. The van der Waals surface area contributed by atoms with Gasteiger partial charge >= 0.3 is 0 Å². The molecule has 0 spiro atoms. The van der Waals surface area contributed by atoms with Crippen LogP contribution in [-0.4, -0.2) is 25.2 Å². The highest BCUT2D eigenvalue weighted by Gasteiger charge is 2.16. The van der Waals surface area contributed by atoms with Crippen molar-refractivity contribution in [1.82, 2.24) is 10.6 Å². The Balaban J connectivity index is 2.11. The van der Waals surface area contributed by atoms with Crippen molar-refractivity contribution < 1.29 is 0 Å². The molecule has 1 aliphatic heterocycles. The molecule has 0 bridgehead atoms. The Morgan fingerprint density at radius 1 is 1.28 bits per heavy atom. The maximum atomic E-state index is 3.75. The number of piperidine rings is 1. The Bertz CT molecular complexity index is 188. The minimum absolute atomic E-state index is 0.663. The van der Waals surface area contributed by atoms with Crippen molar-refractivity contribution in [2.45, 2.75) is 84.2 Å². The van der Waals surface area contributed by atoms with E-state index in [0.29, 0.717) is 6.04 Å². The summed E-state index contributed by atoms with van der Waals surface area (Å²) in [6, 6.07) is 1.42. The van der Waals surface area contributed by atoms with E-state index in [9.17, 15) is 0 Å². The minimum atomic E-state index is 0.663. The van der Waals surface area contributed by atoms with E-state index in [-0.39, 0.29) is 0 Å². The van der Waals surface area contributed by atoms with Gasteiger partial charge < -0.3 is 10.6 Å². The molecule has 2 N–H and O–H groups in total. The second-order valence-electron chi connectivity index (χ2n) is 6.11. The van der Waals surface area contributed by atoms with Crippen molar-refractivity contribution in [3.8, 4) is 0 Å². The molecule has 108 valence electrons. The molecule has 0 aromatic rings. The molecule has 0 aromatic carbocycles. The Morgan fingerprint density at radius 3 is 2.72 bits per heavy atom. The van der Waals surface area contributed by atoms with E-state index >= 15 is 0 Å². The molecule has 3 atom stereocenters. The van der Waals surface area contributed by atoms with Crippen LogP contribution in [0.5, 0.6) is 0 Å². The third-order valence-corrected chi connectivity index (χ3v) is 4.35. The molecule has 1 saturated heterocycles. The molecule has 1 fully saturated rings. The molecule has 0 radical (unpaired) electrons. The molecule has 2 nitrogen and oxygen atoms in total. The van der Waals surface area contributed by atoms with Gasteiger partial charge in [0.1, 0.15) is 0 Å². The highest BCUT2D eigenvalue weighted by atomic mass is 15.0. The van der Waals surface area contributed by atoms with Gasteiger partial charge in [0, 0.05) is 12.1 Å². The zero-order valence-electron chi connectivity index (χ0n) is 12.8. The molecule has 18 heavy (non-hydrogen) atoms. The zero-order valence-corrected chi connectivity index (χ0v) is 12.8. The van der Waals surface area contributed by atoms with Crippen LogP contribution < -0.4 is 10.6 Å². The van der Waals surface area contributed by atoms with Crippen LogP contribution >= 0.6 is 0 Å². The van der Waals surface area contributed by atoms with Gasteiger partial charge in [-0.05, 0) is 51.6 Å². The molecule has 0 amide bonds. The van der Waals surface area contributed by atoms with Gasteiger partial charge in [-0.15, -0.1) is 0 Å². The summed E-state index contributed by atoms with van der Waals surface area (Å²) >= 11 is 0. The van der Waals surface area contributed by atoms with Crippen molar-refractivity contribution in [3.05, 3.63) is 0 Å². The predicted octanol–water partition coefficient (Wildman–Crippen LogP) is 3.71. The molecule has 3 unspecified atom stereocenters. The summed E-state index contributed by atoms with van der Waals surface area (Å²) in [6.45, 7) is 9.41. The fraction of sp³-hybridized carbons (Fsp3) is 1.00. The lowest BCUT2D eigenvalue weighted by atomic mass is 9.97. The average molecular weight is 254 g/mol. The van der Waals surface area contributed by atoms with E-state index in [1.54, 1.807) is 0 Å². The summed E-state index contributed by atoms with van der Waals surface area (Å²) < 4.78 is 0. The monoisotopic (exact) mass is 254 g/mol. The third kappa shape index (κ3) is 6.75. The highest BCUT2D eigenvalue weighted by molar-refractivity contribution is 4.77. The van der Waals surface area contributed by atoms with Crippen LogP contribution in [0, 0.1) is 5.92 Å². The van der Waals surface area contributed by atoms with Crippen molar-refractivity contribution in [2.24, 2.45) is 5.92 Å². The van der Waals surface area contributed by atoms with Crippen molar-refractivity contribution in [3.63, 3.8) is 0 Å². The Hall–Kier alpha value is -0.0800. The van der Waals surface area contributed by atoms with Crippen LogP contribution in [0.2, 0.25) is 0 Å². The summed E-state index contributed by atoms with van der Waals surface area (Å²) in [7, 11) is 0. The first kappa shape index (κ1) is 16.0. The van der Waals surface area contributed by atoms with Crippen molar-refractivity contribution in [1.29, 1.82) is 0 Å². The third-order valence-electron chi connectivity index (χ3n) is 4.35. The Labute approximate surface area is 114 Å². The van der Waals surface area contributed by atoms with Crippen LogP contribution in [0.15, 0.2) is 0 Å². The van der Waals surface area contributed by atoms with Gasteiger partial charge in [0.05, 0.1) is 0 Å². The molecular formula is C16H34N2. The lowest BCUT2D eigenvalue weighted by Crippen LogP contribution is -2.41. The van der Waals surface area contributed by atoms with Crippen LogP contribution in [0.1, 0.15) is 72.1 Å². The Kier molecular flexibility index (Phi) is 8.70. The Morgan fingerprint density at radius 2 is 2.11 bits per heavy atom. The summed E-state index contributed by atoms with van der Waals surface area (Å²) in [5.74, 6) is 0.881.